The van der Waals surface area contributed by atoms with Crippen molar-refractivity contribution in [2.24, 2.45) is 5.90 Å². The van der Waals surface area contributed by atoms with Crippen LogP contribution < -0.4 is 5.90 Å². The van der Waals surface area contributed by atoms with Gasteiger partial charge in [0.05, 0.1) is 0 Å². The third-order valence-corrected chi connectivity index (χ3v) is 0.407. The maximum absolute atomic E-state index is 9.58. The van der Waals surface area contributed by atoms with E-state index in [0.29, 0.717) is 0 Å². The second-order valence-corrected chi connectivity index (χ2v) is 1.49. The summed E-state index contributed by atoms with van der Waals surface area (Å²) in [6.07, 6.45) is 1.35. The first-order chi connectivity index (χ1) is 3.27. The maximum Gasteiger partial charge on any atom is 0.169 e. The van der Waals surface area contributed by atoms with Gasteiger partial charge in [-0.1, -0.05) is 21.3 Å². The van der Waals surface area contributed by atoms with Crippen molar-refractivity contribution in [2.75, 3.05) is 6.26 Å². The van der Waals surface area contributed by atoms with Crippen LogP contribution in [0.25, 0.3) is 0 Å². The molecule has 1 atom stereocenters. The average molecular weight is 141 g/mol. The summed E-state index contributed by atoms with van der Waals surface area (Å²) in [5.74, 6) is 4.37. The van der Waals surface area contributed by atoms with Gasteiger partial charge in [0.15, 0.2) is 11.1 Å². The summed E-state index contributed by atoms with van der Waals surface area (Å²) in [5, 5.41) is 0. The molecule has 8 heavy (non-hydrogen) atoms. The van der Waals surface area contributed by atoms with Crippen LogP contribution in [0.4, 0.5) is 0 Å². The minimum atomic E-state index is -1.29. The molecular formula is C4H15NO2S. The van der Waals surface area contributed by atoms with Crippen molar-refractivity contribution < 1.29 is 8.49 Å². The molecule has 0 fully saturated rings. The third kappa shape index (κ3) is 36.4. The van der Waals surface area contributed by atoms with E-state index >= 15 is 0 Å². The third-order valence-electron chi connectivity index (χ3n) is 0.136. The van der Waals surface area contributed by atoms with Crippen molar-refractivity contribution in [3.05, 3.63) is 0 Å². The molecule has 0 aromatic carbocycles. The first-order valence-corrected chi connectivity index (χ1v) is 3.46. The largest absolute Gasteiger partial charge is 0.229 e. The second kappa shape index (κ2) is 15.7. The topological polar surface area (TPSA) is 52.3 Å². The van der Waals surface area contributed by atoms with Crippen molar-refractivity contribution in [2.45, 2.75) is 21.3 Å². The Bertz CT molecular complexity index is 49.3. The Labute approximate surface area is 53.8 Å². The van der Waals surface area contributed by atoms with Crippen LogP contribution in [0.15, 0.2) is 0 Å². The summed E-state index contributed by atoms with van der Waals surface area (Å²) < 4.78 is 13.3. The van der Waals surface area contributed by atoms with Crippen LogP contribution in [0, 0.1) is 0 Å². The molecule has 1 unspecified atom stereocenters. The molecule has 0 spiro atoms. The summed E-state index contributed by atoms with van der Waals surface area (Å²) in [7, 11) is 0. The zero-order valence-electron chi connectivity index (χ0n) is 4.80. The van der Waals surface area contributed by atoms with E-state index in [4.69, 9.17) is 0 Å². The lowest BCUT2D eigenvalue weighted by atomic mass is 11.0. The van der Waals surface area contributed by atoms with Crippen LogP contribution >= 0.6 is 0 Å². The number of hydrogen-bond acceptors (Lipinski definition) is 3. The summed E-state index contributed by atoms with van der Waals surface area (Å²) in [6, 6.07) is 0. The Morgan fingerprint density at radius 3 is 1.62 bits per heavy atom. The normalized spacial score (nSPS) is 10.0. The van der Waals surface area contributed by atoms with Gasteiger partial charge in [0.25, 0.3) is 0 Å². The minimum Gasteiger partial charge on any atom is -0.229 e. The molecule has 0 amide bonds. The van der Waals surface area contributed by atoms with Gasteiger partial charge >= 0.3 is 0 Å². The van der Waals surface area contributed by atoms with Crippen LogP contribution in [0.3, 0.4) is 0 Å². The highest BCUT2D eigenvalue weighted by molar-refractivity contribution is 7.79. The molecule has 4 heteroatoms. The van der Waals surface area contributed by atoms with Crippen LogP contribution in [0.2, 0.25) is 0 Å². The van der Waals surface area contributed by atoms with Crippen LogP contribution in [-0.4, -0.2) is 10.5 Å². The fraction of sp³-hybridized carbons (Fsp3) is 1.00. The molecule has 0 aromatic heterocycles. The molecular weight excluding hydrogens is 126 g/mol. The van der Waals surface area contributed by atoms with Gasteiger partial charge in [-0.15, -0.1) is 0 Å². The van der Waals surface area contributed by atoms with Crippen molar-refractivity contribution >= 4 is 11.1 Å². The predicted octanol–water partition coefficient (Wildman–Crippen LogP) is 0.833. The van der Waals surface area contributed by atoms with E-state index in [9.17, 15) is 4.21 Å². The molecule has 54 valence electrons. The number of nitrogens with two attached hydrogens (primary N) is 1. The molecule has 0 saturated heterocycles. The summed E-state index contributed by atoms with van der Waals surface area (Å²) >= 11 is -1.29. The monoisotopic (exact) mass is 141 g/mol. The molecule has 0 aliphatic carbocycles. The minimum absolute atomic E-state index is 0. The first-order valence-electron chi connectivity index (χ1n) is 1.98. The van der Waals surface area contributed by atoms with E-state index in [1.54, 1.807) is 0 Å². The van der Waals surface area contributed by atoms with Gasteiger partial charge < -0.3 is 0 Å². The lowest BCUT2D eigenvalue weighted by Crippen LogP contribution is -1.99. The van der Waals surface area contributed by atoms with Crippen molar-refractivity contribution in [3.8, 4) is 0 Å². The van der Waals surface area contributed by atoms with E-state index in [1.807, 2.05) is 13.8 Å². The Hall–Kier alpha value is 0.0700. The molecule has 0 rings (SSSR count). The van der Waals surface area contributed by atoms with E-state index in [-0.39, 0.29) is 7.43 Å². The number of hydrogen-bond donors (Lipinski definition) is 1. The molecule has 2 N–H and O–H groups in total. The fourth-order valence-electron chi connectivity index (χ4n) is 0. The van der Waals surface area contributed by atoms with E-state index in [1.165, 1.54) is 6.26 Å². The summed E-state index contributed by atoms with van der Waals surface area (Å²) in [4.78, 5) is 0. The Balaban J connectivity index is -0.0000000750. The summed E-state index contributed by atoms with van der Waals surface area (Å²) in [5.41, 5.74) is 0. The lowest BCUT2D eigenvalue weighted by molar-refractivity contribution is 0.370. The van der Waals surface area contributed by atoms with Gasteiger partial charge in [-0.2, -0.15) is 5.90 Å². The molecule has 3 nitrogen and oxygen atoms in total. The Morgan fingerprint density at radius 2 is 1.62 bits per heavy atom. The van der Waals surface area contributed by atoms with Crippen LogP contribution in [0.1, 0.15) is 21.3 Å². The van der Waals surface area contributed by atoms with Crippen molar-refractivity contribution in [1.29, 1.82) is 0 Å². The standard InChI is InChI=1S/C2H6.CH5NO2S.CH4/c1-2;1-5(3)4-2;/h1-2H3;2H2,1H3;1H4. The second-order valence-electron chi connectivity index (χ2n) is 0.498. The van der Waals surface area contributed by atoms with Gasteiger partial charge in [0.1, 0.15) is 0 Å². The smallest absolute Gasteiger partial charge is 0.169 e. The zero-order valence-corrected chi connectivity index (χ0v) is 5.62. The molecule has 0 saturated carbocycles. The quantitative estimate of drug-likeness (QED) is 0.550. The van der Waals surface area contributed by atoms with Crippen LogP contribution in [0.5, 0.6) is 0 Å². The zero-order chi connectivity index (χ0) is 6.28. The van der Waals surface area contributed by atoms with Gasteiger partial charge in [0, 0.05) is 6.26 Å². The maximum atomic E-state index is 9.58. The van der Waals surface area contributed by atoms with Crippen molar-refractivity contribution in [1.82, 2.24) is 0 Å². The van der Waals surface area contributed by atoms with Crippen molar-refractivity contribution in [3.63, 3.8) is 0 Å². The fourth-order valence-corrected chi connectivity index (χ4v) is 0. The van der Waals surface area contributed by atoms with Gasteiger partial charge in [-0.3, -0.25) is 0 Å². The molecule has 0 aliphatic rings. The molecule has 0 heterocycles. The van der Waals surface area contributed by atoms with E-state index in [2.05, 4.69) is 10.2 Å². The highest BCUT2D eigenvalue weighted by Gasteiger charge is 1.73. The number of rotatable bonds is 1. The molecule has 0 bridgehead atoms. The highest BCUT2D eigenvalue weighted by atomic mass is 32.2. The highest BCUT2D eigenvalue weighted by Crippen LogP contribution is 1.60. The van der Waals surface area contributed by atoms with Gasteiger partial charge in [-0.05, 0) is 0 Å². The van der Waals surface area contributed by atoms with E-state index < -0.39 is 11.1 Å². The Kier molecular flexibility index (Phi) is 30.8. The predicted molar refractivity (Wildman–Crippen MR) is 37.4 cm³/mol. The van der Waals surface area contributed by atoms with Crippen LogP contribution in [-0.2, 0) is 15.4 Å². The lowest BCUT2D eigenvalue weighted by Gasteiger charge is -1.77. The molecule has 0 radical (unpaired) electrons. The first kappa shape index (κ1) is 15.7. The molecule has 0 aliphatic heterocycles. The summed E-state index contributed by atoms with van der Waals surface area (Å²) in [6.45, 7) is 4.00. The van der Waals surface area contributed by atoms with Gasteiger partial charge in [0.2, 0.25) is 0 Å². The van der Waals surface area contributed by atoms with E-state index in [0.717, 1.165) is 0 Å². The molecule has 0 aromatic rings. The Morgan fingerprint density at radius 1 is 1.50 bits per heavy atom. The van der Waals surface area contributed by atoms with Gasteiger partial charge in [-0.25, -0.2) is 8.49 Å². The average Bonchev–Trinajstić information content (AvgIpc) is 1.73. The SMILES string of the molecule is C.CC.CS(=O)ON.